The predicted octanol–water partition coefficient (Wildman–Crippen LogP) is 1.31. The molecule has 0 aromatic heterocycles. The molecule has 0 unspecified atom stereocenters. The Hall–Kier alpha value is -0.530. The molecule has 1 heterocycles. The molecular weight excluding hydrogens is 114 g/mol. The summed E-state index contributed by atoms with van der Waals surface area (Å²) in [5, 5.41) is 2.68. The fourth-order valence-electron chi connectivity index (χ4n) is 0.565. The van der Waals surface area contributed by atoms with Gasteiger partial charge in [0.25, 0.3) is 0 Å². The summed E-state index contributed by atoms with van der Waals surface area (Å²) in [6, 6.07) is 0. The molecule has 2 nitrogen and oxygen atoms in total. The molecule has 1 N–H and O–H groups in total. The lowest BCUT2D eigenvalue weighted by molar-refractivity contribution is -0.119. The van der Waals surface area contributed by atoms with Crippen molar-refractivity contribution in [3.8, 4) is 0 Å². The maximum Gasteiger partial charge on any atom is 0.220 e. The summed E-state index contributed by atoms with van der Waals surface area (Å²) in [5.74, 6) is 0.204. The highest BCUT2D eigenvalue weighted by molar-refractivity contribution is 5.77. The zero-order valence-corrected chi connectivity index (χ0v) is 6.24. The van der Waals surface area contributed by atoms with Crippen molar-refractivity contribution in [1.29, 1.82) is 0 Å². The molecule has 1 aliphatic heterocycles. The van der Waals surface area contributed by atoms with E-state index in [-0.39, 0.29) is 5.91 Å². The van der Waals surface area contributed by atoms with Crippen LogP contribution in [0.15, 0.2) is 0 Å². The first kappa shape index (κ1) is 8.47. The van der Waals surface area contributed by atoms with Crippen LogP contribution in [0.1, 0.15) is 33.1 Å². The van der Waals surface area contributed by atoms with E-state index < -0.39 is 0 Å². The Labute approximate surface area is 56.6 Å². The predicted molar refractivity (Wildman–Crippen MR) is 38.2 cm³/mol. The largest absolute Gasteiger partial charge is 0.356 e. The SMILES string of the molecule is CCC.O=C1CCCN1. The van der Waals surface area contributed by atoms with Gasteiger partial charge in [0.15, 0.2) is 0 Å². The Kier molecular flexibility index (Phi) is 5.27. The molecule has 1 saturated heterocycles. The fraction of sp³-hybridized carbons (Fsp3) is 0.857. The molecule has 1 fully saturated rings. The summed E-state index contributed by atoms with van der Waals surface area (Å²) >= 11 is 0. The summed E-state index contributed by atoms with van der Waals surface area (Å²) in [5.41, 5.74) is 0. The molecule has 0 saturated carbocycles. The van der Waals surface area contributed by atoms with E-state index in [0.717, 1.165) is 19.4 Å². The third kappa shape index (κ3) is 5.34. The van der Waals surface area contributed by atoms with E-state index in [9.17, 15) is 4.79 Å². The van der Waals surface area contributed by atoms with Crippen LogP contribution in [0.2, 0.25) is 0 Å². The molecule has 0 aromatic carbocycles. The number of carbonyl (C=O) groups is 1. The van der Waals surface area contributed by atoms with Gasteiger partial charge in [0.2, 0.25) is 5.91 Å². The van der Waals surface area contributed by atoms with Gasteiger partial charge in [-0.2, -0.15) is 0 Å². The van der Waals surface area contributed by atoms with E-state index >= 15 is 0 Å². The molecule has 0 atom stereocenters. The van der Waals surface area contributed by atoms with Crippen LogP contribution >= 0.6 is 0 Å². The van der Waals surface area contributed by atoms with Gasteiger partial charge in [-0.1, -0.05) is 20.3 Å². The minimum atomic E-state index is 0.204. The smallest absolute Gasteiger partial charge is 0.220 e. The highest BCUT2D eigenvalue weighted by Crippen LogP contribution is 1.93. The maximum atomic E-state index is 10.1. The van der Waals surface area contributed by atoms with Crippen molar-refractivity contribution in [2.24, 2.45) is 0 Å². The Bertz CT molecular complexity index is 73.0. The molecule has 1 rings (SSSR count). The van der Waals surface area contributed by atoms with Crippen molar-refractivity contribution >= 4 is 5.91 Å². The monoisotopic (exact) mass is 129 g/mol. The molecule has 0 aromatic rings. The molecule has 0 radical (unpaired) electrons. The summed E-state index contributed by atoms with van der Waals surface area (Å²) in [7, 11) is 0. The van der Waals surface area contributed by atoms with Crippen molar-refractivity contribution in [1.82, 2.24) is 5.32 Å². The third-order valence-electron chi connectivity index (χ3n) is 0.903. The van der Waals surface area contributed by atoms with E-state index in [1.54, 1.807) is 0 Å². The lowest BCUT2D eigenvalue weighted by atomic mass is 10.4. The number of nitrogens with one attached hydrogen (secondary N) is 1. The van der Waals surface area contributed by atoms with Crippen molar-refractivity contribution in [3.05, 3.63) is 0 Å². The van der Waals surface area contributed by atoms with Gasteiger partial charge in [-0.25, -0.2) is 0 Å². The van der Waals surface area contributed by atoms with E-state index in [2.05, 4.69) is 19.2 Å². The first-order chi connectivity index (χ1) is 4.31. The Balaban J connectivity index is 0.000000187. The Morgan fingerprint density at radius 2 is 2.11 bits per heavy atom. The first-order valence-electron chi connectivity index (χ1n) is 3.58. The van der Waals surface area contributed by atoms with E-state index in [0.29, 0.717) is 0 Å². The van der Waals surface area contributed by atoms with Crippen molar-refractivity contribution < 1.29 is 4.79 Å². The van der Waals surface area contributed by atoms with Gasteiger partial charge in [0.1, 0.15) is 0 Å². The summed E-state index contributed by atoms with van der Waals surface area (Å²) in [6.45, 7) is 5.14. The average molecular weight is 129 g/mol. The summed E-state index contributed by atoms with van der Waals surface area (Å²) in [4.78, 5) is 10.1. The minimum Gasteiger partial charge on any atom is -0.356 e. The topological polar surface area (TPSA) is 29.1 Å². The van der Waals surface area contributed by atoms with E-state index in [4.69, 9.17) is 0 Å². The molecular formula is C7H15NO. The molecule has 0 bridgehead atoms. The van der Waals surface area contributed by atoms with Crippen LogP contribution in [0.4, 0.5) is 0 Å². The van der Waals surface area contributed by atoms with Gasteiger partial charge in [0, 0.05) is 13.0 Å². The number of rotatable bonds is 0. The maximum absolute atomic E-state index is 10.1. The summed E-state index contributed by atoms with van der Waals surface area (Å²) < 4.78 is 0. The quantitative estimate of drug-likeness (QED) is 0.525. The van der Waals surface area contributed by atoms with Crippen LogP contribution in [0, 0.1) is 0 Å². The number of carbonyl (C=O) groups excluding carboxylic acids is 1. The van der Waals surface area contributed by atoms with Gasteiger partial charge in [-0.15, -0.1) is 0 Å². The Morgan fingerprint density at radius 3 is 2.22 bits per heavy atom. The van der Waals surface area contributed by atoms with Crippen LogP contribution < -0.4 is 5.32 Å². The van der Waals surface area contributed by atoms with E-state index in [1.807, 2.05) is 0 Å². The van der Waals surface area contributed by atoms with Crippen LogP contribution in [-0.2, 0) is 4.79 Å². The minimum absolute atomic E-state index is 0.204. The van der Waals surface area contributed by atoms with Gasteiger partial charge in [0.05, 0.1) is 0 Å². The molecule has 0 aliphatic carbocycles. The van der Waals surface area contributed by atoms with Crippen molar-refractivity contribution in [2.75, 3.05) is 6.54 Å². The number of hydrogen-bond acceptors (Lipinski definition) is 1. The second-order valence-corrected chi connectivity index (χ2v) is 2.16. The van der Waals surface area contributed by atoms with Gasteiger partial charge in [-0.05, 0) is 6.42 Å². The van der Waals surface area contributed by atoms with Crippen molar-refractivity contribution in [3.63, 3.8) is 0 Å². The van der Waals surface area contributed by atoms with Crippen LogP contribution in [0.25, 0.3) is 0 Å². The molecule has 9 heavy (non-hydrogen) atoms. The number of amides is 1. The summed E-state index contributed by atoms with van der Waals surface area (Å²) in [6.07, 6.45) is 3.01. The lowest BCUT2D eigenvalue weighted by Gasteiger charge is -1.80. The fourth-order valence-corrected chi connectivity index (χ4v) is 0.565. The molecule has 0 spiro atoms. The standard InChI is InChI=1S/C4H7NO.C3H8/c6-4-2-1-3-5-4;1-3-2/h1-3H2,(H,5,6);3H2,1-2H3. The first-order valence-corrected chi connectivity index (χ1v) is 3.58. The third-order valence-corrected chi connectivity index (χ3v) is 0.903. The van der Waals surface area contributed by atoms with Gasteiger partial charge in [-0.3, -0.25) is 4.79 Å². The van der Waals surface area contributed by atoms with E-state index in [1.165, 1.54) is 6.42 Å². The van der Waals surface area contributed by atoms with Crippen LogP contribution in [-0.4, -0.2) is 12.5 Å². The molecule has 1 aliphatic rings. The second-order valence-electron chi connectivity index (χ2n) is 2.16. The van der Waals surface area contributed by atoms with Gasteiger partial charge < -0.3 is 5.32 Å². The normalized spacial score (nSPS) is 16.0. The van der Waals surface area contributed by atoms with Crippen LogP contribution in [0.5, 0.6) is 0 Å². The Morgan fingerprint density at radius 1 is 1.56 bits per heavy atom. The van der Waals surface area contributed by atoms with Gasteiger partial charge >= 0.3 is 0 Å². The zero-order valence-electron chi connectivity index (χ0n) is 6.24. The zero-order chi connectivity index (χ0) is 7.11. The second kappa shape index (κ2) is 5.60. The lowest BCUT2D eigenvalue weighted by Crippen LogP contribution is -2.12. The van der Waals surface area contributed by atoms with Crippen molar-refractivity contribution in [2.45, 2.75) is 33.1 Å². The van der Waals surface area contributed by atoms with Crippen LogP contribution in [0.3, 0.4) is 0 Å². The molecule has 54 valence electrons. The number of hydrogen-bond donors (Lipinski definition) is 1. The molecule has 1 amide bonds. The molecule has 2 heteroatoms. The highest BCUT2D eigenvalue weighted by atomic mass is 16.1. The highest BCUT2D eigenvalue weighted by Gasteiger charge is 2.05. The average Bonchev–Trinajstić information content (AvgIpc) is 2.20.